The molecule has 1 aromatic carbocycles. The van der Waals surface area contributed by atoms with Crippen LogP contribution in [0.3, 0.4) is 0 Å². The molecule has 7 heteroatoms. The number of nitrogens with zero attached hydrogens (tertiary/aromatic N) is 2. The lowest BCUT2D eigenvalue weighted by Gasteiger charge is -2.16. The maximum absolute atomic E-state index is 12.3. The van der Waals surface area contributed by atoms with Crippen LogP contribution in [0.4, 0.5) is 10.5 Å². The summed E-state index contributed by atoms with van der Waals surface area (Å²) in [4.78, 5) is 12.3. The van der Waals surface area contributed by atoms with E-state index in [1.807, 2.05) is 26.8 Å². The molecule has 0 spiro atoms. The molecule has 0 unspecified atom stereocenters. The molecule has 0 radical (unpaired) electrons. The van der Waals surface area contributed by atoms with E-state index in [-0.39, 0.29) is 6.04 Å². The van der Waals surface area contributed by atoms with Crippen LogP contribution < -0.4 is 15.4 Å². The minimum absolute atomic E-state index is 0.272. The van der Waals surface area contributed by atoms with E-state index in [1.54, 1.807) is 25.1 Å². The Labute approximate surface area is 140 Å². The average molecular weight is 328 g/mol. The fourth-order valence-corrected chi connectivity index (χ4v) is 2.51. The highest BCUT2D eigenvalue weighted by molar-refractivity contribution is 5.91. The van der Waals surface area contributed by atoms with Crippen molar-refractivity contribution < 1.29 is 14.1 Å². The number of aromatic nitrogens is 1. The highest BCUT2D eigenvalue weighted by Crippen LogP contribution is 2.26. The number of hydrogen-bond donors (Lipinski definition) is 2. The number of nitriles is 1. The average Bonchev–Trinajstić information content (AvgIpc) is 2.88. The van der Waals surface area contributed by atoms with Crippen LogP contribution in [0.5, 0.6) is 5.75 Å². The number of amides is 2. The van der Waals surface area contributed by atoms with Crippen LogP contribution in [-0.4, -0.2) is 17.8 Å². The monoisotopic (exact) mass is 328 g/mol. The largest absolute Gasteiger partial charge is 0.492 e. The van der Waals surface area contributed by atoms with Crippen LogP contribution in [-0.2, 0) is 0 Å². The second-order valence-corrected chi connectivity index (χ2v) is 5.31. The molecule has 2 aromatic rings. The van der Waals surface area contributed by atoms with Gasteiger partial charge in [-0.15, -0.1) is 0 Å². The van der Waals surface area contributed by atoms with Crippen molar-refractivity contribution in [2.24, 2.45) is 0 Å². The Hall–Kier alpha value is -3.01. The van der Waals surface area contributed by atoms with Crippen molar-refractivity contribution in [1.82, 2.24) is 10.5 Å². The van der Waals surface area contributed by atoms with Gasteiger partial charge in [0, 0.05) is 5.56 Å². The van der Waals surface area contributed by atoms with Gasteiger partial charge in [-0.2, -0.15) is 5.26 Å². The number of rotatable bonds is 5. The van der Waals surface area contributed by atoms with Gasteiger partial charge < -0.3 is 19.9 Å². The molecule has 7 nitrogen and oxygen atoms in total. The van der Waals surface area contributed by atoms with Gasteiger partial charge in [0.25, 0.3) is 0 Å². The van der Waals surface area contributed by atoms with Crippen molar-refractivity contribution in [1.29, 1.82) is 5.26 Å². The summed E-state index contributed by atoms with van der Waals surface area (Å²) >= 11 is 0. The third-order valence-electron chi connectivity index (χ3n) is 3.53. The molecule has 1 aromatic heterocycles. The van der Waals surface area contributed by atoms with Crippen molar-refractivity contribution >= 4 is 11.7 Å². The highest BCUT2D eigenvalue weighted by Gasteiger charge is 2.19. The lowest BCUT2D eigenvalue weighted by Crippen LogP contribution is -2.31. The molecule has 2 amide bonds. The summed E-state index contributed by atoms with van der Waals surface area (Å²) < 4.78 is 10.6. The molecular formula is C17H20N4O3. The van der Waals surface area contributed by atoms with Gasteiger partial charge >= 0.3 is 6.03 Å². The molecule has 0 aliphatic rings. The van der Waals surface area contributed by atoms with Gasteiger partial charge in [0.2, 0.25) is 0 Å². The first-order valence-corrected chi connectivity index (χ1v) is 7.63. The molecular weight excluding hydrogens is 308 g/mol. The Morgan fingerprint density at radius 3 is 2.79 bits per heavy atom. The zero-order valence-corrected chi connectivity index (χ0v) is 14.1. The van der Waals surface area contributed by atoms with E-state index in [9.17, 15) is 4.79 Å². The Kier molecular flexibility index (Phi) is 5.42. The van der Waals surface area contributed by atoms with E-state index in [1.165, 1.54) is 0 Å². The van der Waals surface area contributed by atoms with Gasteiger partial charge in [-0.05, 0) is 45.9 Å². The Bertz CT molecular complexity index is 757. The number of anilines is 1. The number of carbonyl (C=O) groups excluding carboxylic acids is 1. The van der Waals surface area contributed by atoms with Crippen LogP contribution in [0.15, 0.2) is 22.7 Å². The second kappa shape index (κ2) is 7.51. The molecule has 0 fully saturated rings. The van der Waals surface area contributed by atoms with Gasteiger partial charge in [0.1, 0.15) is 11.5 Å². The fraction of sp³-hybridized carbons (Fsp3) is 0.353. The van der Waals surface area contributed by atoms with Gasteiger partial charge in [0.15, 0.2) is 0 Å². The van der Waals surface area contributed by atoms with Crippen molar-refractivity contribution in [3.63, 3.8) is 0 Å². The molecule has 0 saturated heterocycles. The van der Waals surface area contributed by atoms with Crippen molar-refractivity contribution in [2.45, 2.75) is 33.7 Å². The van der Waals surface area contributed by atoms with E-state index in [0.29, 0.717) is 29.4 Å². The Morgan fingerprint density at radius 2 is 2.21 bits per heavy atom. The van der Waals surface area contributed by atoms with Crippen LogP contribution in [0.25, 0.3) is 0 Å². The normalized spacial score (nSPS) is 11.5. The number of benzene rings is 1. The molecule has 1 heterocycles. The van der Waals surface area contributed by atoms with Crippen LogP contribution in [0.2, 0.25) is 0 Å². The molecule has 0 aliphatic carbocycles. The SMILES string of the molecule is CCOc1ccc(C#N)cc1NC(=O)N[C@@H](C)c1c(C)noc1C. The quantitative estimate of drug-likeness (QED) is 0.875. The van der Waals surface area contributed by atoms with Gasteiger partial charge in [-0.3, -0.25) is 0 Å². The van der Waals surface area contributed by atoms with Gasteiger partial charge in [0.05, 0.1) is 35.7 Å². The lowest BCUT2D eigenvalue weighted by molar-refractivity contribution is 0.249. The van der Waals surface area contributed by atoms with E-state index in [2.05, 4.69) is 15.8 Å². The highest BCUT2D eigenvalue weighted by atomic mass is 16.5. The maximum atomic E-state index is 12.3. The minimum atomic E-state index is -0.404. The predicted molar refractivity (Wildman–Crippen MR) is 88.9 cm³/mol. The van der Waals surface area contributed by atoms with Gasteiger partial charge in [-0.25, -0.2) is 4.79 Å². The molecule has 2 rings (SSSR count). The molecule has 0 saturated carbocycles. The number of aryl methyl sites for hydroxylation is 2. The Morgan fingerprint density at radius 1 is 1.46 bits per heavy atom. The van der Waals surface area contributed by atoms with E-state index >= 15 is 0 Å². The topological polar surface area (TPSA) is 100 Å². The standard InChI is InChI=1S/C17H20N4O3/c1-5-23-15-7-6-13(9-18)8-14(15)20-17(22)19-10(2)16-11(3)21-24-12(16)4/h6-8,10H,5H2,1-4H3,(H2,19,20,22)/t10-/m0/s1. The van der Waals surface area contributed by atoms with E-state index < -0.39 is 6.03 Å². The maximum Gasteiger partial charge on any atom is 0.319 e. The van der Waals surface area contributed by atoms with Crippen molar-refractivity contribution in [2.75, 3.05) is 11.9 Å². The van der Waals surface area contributed by atoms with Crippen LogP contribution in [0, 0.1) is 25.2 Å². The summed E-state index contributed by atoms with van der Waals surface area (Å²) in [7, 11) is 0. The number of nitrogens with one attached hydrogen (secondary N) is 2. The van der Waals surface area contributed by atoms with Crippen LogP contribution in [0.1, 0.15) is 42.5 Å². The van der Waals surface area contributed by atoms with E-state index in [0.717, 1.165) is 11.3 Å². The first kappa shape index (κ1) is 17.3. The minimum Gasteiger partial charge on any atom is -0.492 e. The summed E-state index contributed by atoms with van der Waals surface area (Å²) in [6.07, 6.45) is 0. The molecule has 126 valence electrons. The summed E-state index contributed by atoms with van der Waals surface area (Å²) in [5.41, 5.74) is 2.47. The number of urea groups is 1. The number of hydrogen-bond acceptors (Lipinski definition) is 5. The van der Waals surface area contributed by atoms with Gasteiger partial charge in [-0.1, -0.05) is 5.16 Å². The third-order valence-corrected chi connectivity index (χ3v) is 3.53. The summed E-state index contributed by atoms with van der Waals surface area (Å²) in [6.45, 7) is 7.78. The molecule has 24 heavy (non-hydrogen) atoms. The zero-order valence-electron chi connectivity index (χ0n) is 14.1. The second-order valence-electron chi connectivity index (χ2n) is 5.31. The summed E-state index contributed by atoms with van der Waals surface area (Å²) in [6, 6.07) is 6.24. The van der Waals surface area contributed by atoms with Crippen molar-refractivity contribution in [3.8, 4) is 11.8 Å². The molecule has 0 bridgehead atoms. The Balaban J connectivity index is 2.13. The molecule has 2 N–H and O–H groups in total. The van der Waals surface area contributed by atoms with Crippen molar-refractivity contribution in [3.05, 3.63) is 40.8 Å². The first-order chi connectivity index (χ1) is 11.5. The van der Waals surface area contributed by atoms with Crippen LogP contribution >= 0.6 is 0 Å². The zero-order chi connectivity index (χ0) is 17.7. The lowest BCUT2D eigenvalue weighted by atomic mass is 10.1. The fourth-order valence-electron chi connectivity index (χ4n) is 2.51. The third kappa shape index (κ3) is 3.84. The summed E-state index contributed by atoms with van der Waals surface area (Å²) in [5.74, 6) is 1.18. The molecule has 0 aliphatic heterocycles. The first-order valence-electron chi connectivity index (χ1n) is 7.63. The number of ether oxygens (including phenoxy) is 1. The molecule has 1 atom stereocenters. The van der Waals surface area contributed by atoms with E-state index in [4.69, 9.17) is 14.5 Å². The summed E-state index contributed by atoms with van der Waals surface area (Å²) in [5, 5.41) is 18.5. The number of carbonyl (C=O) groups is 1. The predicted octanol–water partition coefficient (Wildman–Crippen LogP) is 3.44. The smallest absolute Gasteiger partial charge is 0.319 e.